The monoisotopic (exact) mass is 355 g/mol. The number of hydrogen-bond acceptors (Lipinski definition) is 3. The van der Waals surface area contributed by atoms with Gasteiger partial charge in [-0.15, -0.1) is 0 Å². The Hall–Kier alpha value is -2.11. The second-order valence-electron chi connectivity index (χ2n) is 6.27. The summed E-state index contributed by atoms with van der Waals surface area (Å²) in [6.45, 7) is 5.55. The molecule has 1 aliphatic rings. The number of thiocarbonyl (C=S) groups is 1. The fraction of sp³-hybridized carbons (Fsp3) is 0.350. The van der Waals surface area contributed by atoms with Crippen molar-refractivity contribution >= 4 is 23.0 Å². The maximum atomic E-state index is 5.72. The van der Waals surface area contributed by atoms with Gasteiger partial charge in [-0.1, -0.05) is 30.3 Å². The zero-order chi connectivity index (χ0) is 17.6. The average molecular weight is 356 g/mol. The van der Waals surface area contributed by atoms with Crippen molar-refractivity contribution in [3.8, 4) is 5.75 Å². The predicted octanol–water partition coefficient (Wildman–Crippen LogP) is 3.77. The highest BCUT2D eigenvalue weighted by molar-refractivity contribution is 7.80. The van der Waals surface area contributed by atoms with E-state index in [9.17, 15) is 0 Å². The molecule has 2 aromatic rings. The second kappa shape index (κ2) is 8.32. The molecule has 0 aliphatic carbocycles. The lowest BCUT2D eigenvalue weighted by Gasteiger charge is -2.41. The molecule has 0 unspecified atom stereocenters. The normalized spacial score (nSPS) is 18.0. The smallest absolute Gasteiger partial charge is 0.174 e. The van der Waals surface area contributed by atoms with Gasteiger partial charge in [-0.3, -0.25) is 0 Å². The Morgan fingerprint density at radius 1 is 1.12 bits per heavy atom. The molecule has 5 heteroatoms. The summed E-state index contributed by atoms with van der Waals surface area (Å²) in [6.07, 6.45) is 0. The van der Waals surface area contributed by atoms with Crippen LogP contribution in [0, 0.1) is 0 Å². The number of ether oxygens (including phenoxy) is 1. The molecule has 4 nitrogen and oxygen atoms in total. The molecule has 132 valence electrons. The third-order valence-corrected chi connectivity index (χ3v) is 4.78. The largest absolute Gasteiger partial charge is 0.494 e. The highest BCUT2D eigenvalue weighted by Gasteiger charge is 2.28. The van der Waals surface area contributed by atoms with Crippen molar-refractivity contribution in [1.82, 2.24) is 9.80 Å². The van der Waals surface area contributed by atoms with Gasteiger partial charge in [-0.05, 0) is 56.0 Å². The van der Waals surface area contributed by atoms with Gasteiger partial charge in [0, 0.05) is 25.3 Å². The van der Waals surface area contributed by atoms with E-state index in [4.69, 9.17) is 17.0 Å². The number of nitrogens with zero attached hydrogens (tertiary/aromatic N) is 2. The van der Waals surface area contributed by atoms with Crippen molar-refractivity contribution < 1.29 is 4.74 Å². The minimum absolute atomic E-state index is 0.266. The van der Waals surface area contributed by atoms with E-state index in [1.54, 1.807) is 0 Å². The van der Waals surface area contributed by atoms with Crippen LogP contribution in [0.25, 0.3) is 0 Å². The predicted molar refractivity (Wildman–Crippen MR) is 107 cm³/mol. The van der Waals surface area contributed by atoms with Crippen molar-refractivity contribution in [2.75, 3.05) is 38.6 Å². The third kappa shape index (κ3) is 4.50. The van der Waals surface area contributed by atoms with Crippen molar-refractivity contribution in [3.05, 3.63) is 60.2 Å². The topological polar surface area (TPSA) is 27.7 Å². The first-order valence-electron chi connectivity index (χ1n) is 8.71. The lowest BCUT2D eigenvalue weighted by Crippen LogP contribution is -2.50. The van der Waals surface area contributed by atoms with Gasteiger partial charge < -0.3 is 19.9 Å². The molecule has 0 radical (unpaired) electrons. The van der Waals surface area contributed by atoms with Gasteiger partial charge in [0.25, 0.3) is 0 Å². The molecule has 3 rings (SSSR count). The summed E-state index contributed by atoms with van der Waals surface area (Å²) < 4.78 is 5.49. The molecular weight excluding hydrogens is 330 g/mol. The van der Waals surface area contributed by atoms with E-state index in [0.29, 0.717) is 6.61 Å². The van der Waals surface area contributed by atoms with E-state index in [0.717, 1.165) is 36.2 Å². The van der Waals surface area contributed by atoms with Gasteiger partial charge in [0.2, 0.25) is 0 Å². The van der Waals surface area contributed by atoms with E-state index < -0.39 is 0 Å². The molecule has 0 saturated carbocycles. The van der Waals surface area contributed by atoms with Crippen molar-refractivity contribution in [2.24, 2.45) is 0 Å². The number of benzene rings is 2. The molecule has 1 N–H and O–H groups in total. The maximum absolute atomic E-state index is 5.72. The molecule has 0 bridgehead atoms. The zero-order valence-electron chi connectivity index (χ0n) is 14.8. The van der Waals surface area contributed by atoms with E-state index >= 15 is 0 Å². The molecule has 0 amide bonds. The second-order valence-corrected chi connectivity index (χ2v) is 6.66. The van der Waals surface area contributed by atoms with E-state index in [2.05, 4.69) is 52.5 Å². The Labute approximate surface area is 155 Å². The first kappa shape index (κ1) is 17.7. The van der Waals surface area contributed by atoms with Crippen LogP contribution in [-0.4, -0.2) is 48.2 Å². The minimum atomic E-state index is 0.266. The first-order valence-corrected chi connectivity index (χ1v) is 9.12. The number of anilines is 1. The summed E-state index contributed by atoms with van der Waals surface area (Å²) in [5.41, 5.74) is 2.28. The van der Waals surface area contributed by atoms with E-state index in [1.165, 1.54) is 5.56 Å². The average Bonchev–Trinajstić information content (AvgIpc) is 2.64. The van der Waals surface area contributed by atoms with Crippen LogP contribution in [-0.2, 0) is 0 Å². The quantitative estimate of drug-likeness (QED) is 0.843. The maximum Gasteiger partial charge on any atom is 0.174 e. The van der Waals surface area contributed by atoms with Gasteiger partial charge in [-0.25, -0.2) is 0 Å². The summed E-state index contributed by atoms with van der Waals surface area (Å²) in [5.74, 6) is 0.876. The van der Waals surface area contributed by atoms with Gasteiger partial charge in [0.1, 0.15) is 5.75 Å². The summed E-state index contributed by atoms with van der Waals surface area (Å²) in [6, 6.07) is 18.8. The van der Waals surface area contributed by atoms with Gasteiger partial charge in [0.15, 0.2) is 5.11 Å². The Morgan fingerprint density at radius 2 is 1.84 bits per heavy atom. The molecule has 1 aliphatic heterocycles. The SMILES string of the molecule is CCOc1ccc(NC(=S)N2CCN(C)C[C@@H]2c2ccccc2)cc1. The summed E-state index contributed by atoms with van der Waals surface area (Å²) in [5, 5.41) is 4.15. The summed E-state index contributed by atoms with van der Waals surface area (Å²) in [4.78, 5) is 4.65. The number of rotatable bonds is 4. The molecule has 0 spiro atoms. The number of piperazine rings is 1. The number of hydrogen-bond donors (Lipinski definition) is 1. The third-order valence-electron chi connectivity index (χ3n) is 4.45. The van der Waals surface area contributed by atoms with Crippen molar-refractivity contribution in [3.63, 3.8) is 0 Å². The first-order chi connectivity index (χ1) is 12.2. The lowest BCUT2D eigenvalue weighted by atomic mass is 10.0. The van der Waals surface area contributed by atoms with Crippen LogP contribution in [0.2, 0.25) is 0 Å². The highest BCUT2D eigenvalue weighted by atomic mass is 32.1. The van der Waals surface area contributed by atoms with Crippen molar-refractivity contribution in [2.45, 2.75) is 13.0 Å². The van der Waals surface area contributed by atoms with Crippen LogP contribution in [0.5, 0.6) is 5.75 Å². The van der Waals surface area contributed by atoms with Crippen molar-refractivity contribution in [1.29, 1.82) is 0 Å². The highest BCUT2D eigenvalue weighted by Crippen LogP contribution is 2.26. The van der Waals surface area contributed by atoms with E-state index in [-0.39, 0.29) is 6.04 Å². The zero-order valence-corrected chi connectivity index (χ0v) is 15.6. The molecule has 1 atom stereocenters. The Bertz CT molecular complexity index is 690. The minimum Gasteiger partial charge on any atom is -0.494 e. The van der Waals surface area contributed by atoms with Crippen LogP contribution in [0.15, 0.2) is 54.6 Å². The van der Waals surface area contributed by atoms with Crippen LogP contribution in [0.1, 0.15) is 18.5 Å². The Morgan fingerprint density at radius 3 is 2.52 bits per heavy atom. The summed E-state index contributed by atoms with van der Waals surface area (Å²) >= 11 is 5.72. The molecule has 1 saturated heterocycles. The fourth-order valence-electron chi connectivity index (χ4n) is 3.12. The lowest BCUT2D eigenvalue weighted by molar-refractivity contribution is 0.153. The van der Waals surface area contributed by atoms with Gasteiger partial charge in [0.05, 0.1) is 12.6 Å². The van der Waals surface area contributed by atoms with E-state index in [1.807, 2.05) is 31.2 Å². The molecular formula is C20H25N3OS. The Kier molecular flexibility index (Phi) is 5.89. The van der Waals surface area contributed by atoms with Gasteiger partial charge in [-0.2, -0.15) is 0 Å². The van der Waals surface area contributed by atoms with Crippen LogP contribution in [0.3, 0.4) is 0 Å². The van der Waals surface area contributed by atoms with Crippen LogP contribution in [0.4, 0.5) is 5.69 Å². The number of nitrogens with one attached hydrogen (secondary N) is 1. The molecule has 1 fully saturated rings. The summed E-state index contributed by atoms with van der Waals surface area (Å²) in [7, 11) is 2.16. The molecule has 1 heterocycles. The van der Waals surface area contributed by atoms with Crippen LogP contribution >= 0.6 is 12.2 Å². The van der Waals surface area contributed by atoms with Gasteiger partial charge >= 0.3 is 0 Å². The number of likely N-dealkylation sites (N-methyl/N-ethyl adjacent to an activating group) is 1. The molecule has 25 heavy (non-hydrogen) atoms. The standard InChI is InChI=1S/C20H25N3OS/c1-3-24-18-11-9-17(10-12-18)21-20(25)23-14-13-22(2)15-19(23)16-7-5-4-6-8-16/h4-12,19H,3,13-15H2,1-2H3,(H,21,25)/t19-/m1/s1. The fourth-order valence-corrected chi connectivity index (χ4v) is 3.46. The van der Waals surface area contributed by atoms with Crippen LogP contribution < -0.4 is 10.1 Å². The molecule has 0 aromatic heterocycles. The molecule has 2 aromatic carbocycles. The Balaban J connectivity index is 1.72.